The summed E-state index contributed by atoms with van der Waals surface area (Å²) in [4.78, 5) is 22.9. The minimum atomic E-state index is -0.767. The van der Waals surface area contributed by atoms with Gasteiger partial charge in [0.1, 0.15) is 5.54 Å². The molecule has 0 aromatic carbocycles. The second kappa shape index (κ2) is 5.14. The lowest BCUT2D eigenvalue weighted by Gasteiger charge is -2.30. The first-order valence-corrected chi connectivity index (χ1v) is 5.48. The van der Waals surface area contributed by atoms with Crippen molar-refractivity contribution in [2.75, 3.05) is 7.11 Å². The number of nitrogens with one attached hydrogen (secondary N) is 1. The normalized spacial score (nSPS) is 20.1. The van der Waals surface area contributed by atoms with Crippen LogP contribution in [0.2, 0.25) is 0 Å². The number of carbonyl (C=O) groups excluding carboxylic acids is 2. The van der Waals surface area contributed by atoms with E-state index in [2.05, 4.69) is 5.32 Å². The van der Waals surface area contributed by atoms with E-state index in [-0.39, 0.29) is 11.9 Å². The molecule has 1 saturated carbocycles. The SMILES string of the molecule is COC(=O)C1(NC(C)=O)CCCCCC1. The van der Waals surface area contributed by atoms with Crippen LogP contribution in [0, 0.1) is 0 Å². The van der Waals surface area contributed by atoms with E-state index in [1.54, 1.807) is 0 Å². The quantitative estimate of drug-likeness (QED) is 0.557. The van der Waals surface area contributed by atoms with E-state index in [0.29, 0.717) is 12.8 Å². The Hall–Kier alpha value is -1.06. The third-order valence-electron chi connectivity index (χ3n) is 2.95. The van der Waals surface area contributed by atoms with E-state index in [1.165, 1.54) is 14.0 Å². The van der Waals surface area contributed by atoms with Crippen LogP contribution in [0.15, 0.2) is 0 Å². The molecule has 1 fully saturated rings. The molecule has 0 bridgehead atoms. The zero-order valence-corrected chi connectivity index (χ0v) is 9.47. The predicted octanol–water partition coefficient (Wildman–Crippen LogP) is 1.39. The van der Waals surface area contributed by atoms with Gasteiger partial charge in [0, 0.05) is 6.92 Å². The maximum Gasteiger partial charge on any atom is 0.331 e. The van der Waals surface area contributed by atoms with E-state index < -0.39 is 5.54 Å². The fourth-order valence-corrected chi connectivity index (χ4v) is 2.24. The van der Waals surface area contributed by atoms with Gasteiger partial charge in [0.05, 0.1) is 7.11 Å². The van der Waals surface area contributed by atoms with Gasteiger partial charge in [-0.25, -0.2) is 4.79 Å². The smallest absolute Gasteiger partial charge is 0.331 e. The van der Waals surface area contributed by atoms with Crippen molar-refractivity contribution in [2.24, 2.45) is 0 Å². The maximum atomic E-state index is 11.7. The third-order valence-corrected chi connectivity index (χ3v) is 2.95. The summed E-state index contributed by atoms with van der Waals surface area (Å²) in [6, 6.07) is 0. The largest absolute Gasteiger partial charge is 0.467 e. The average Bonchev–Trinajstić information content (AvgIpc) is 2.42. The van der Waals surface area contributed by atoms with Crippen molar-refractivity contribution in [2.45, 2.75) is 51.0 Å². The Morgan fingerprint density at radius 1 is 1.13 bits per heavy atom. The van der Waals surface area contributed by atoms with Gasteiger partial charge in [0.25, 0.3) is 0 Å². The van der Waals surface area contributed by atoms with Gasteiger partial charge in [-0.05, 0) is 12.8 Å². The van der Waals surface area contributed by atoms with Gasteiger partial charge < -0.3 is 10.1 Å². The van der Waals surface area contributed by atoms with E-state index in [1.807, 2.05) is 0 Å². The van der Waals surface area contributed by atoms with Gasteiger partial charge in [0.2, 0.25) is 5.91 Å². The Balaban J connectivity index is 2.81. The number of methoxy groups -OCH3 is 1. The van der Waals surface area contributed by atoms with Crippen molar-refractivity contribution in [3.05, 3.63) is 0 Å². The van der Waals surface area contributed by atoms with Crippen LogP contribution in [0.5, 0.6) is 0 Å². The molecule has 0 heterocycles. The van der Waals surface area contributed by atoms with Crippen molar-refractivity contribution >= 4 is 11.9 Å². The van der Waals surface area contributed by atoms with Gasteiger partial charge in [-0.2, -0.15) is 0 Å². The lowest BCUT2D eigenvalue weighted by atomic mass is 9.90. The molecule has 0 spiro atoms. The third kappa shape index (κ3) is 2.94. The molecule has 0 saturated heterocycles. The molecule has 4 heteroatoms. The van der Waals surface area contributed by atoms with Gasteiger partial charge >= 0.3 is 5.97 Å². The standard InChI is InChI=1S/C11H19NO3/c1-9(13)12-11(10(14)15-2)7-5-3-4-6-8-11/h3-8H2,1-2H3,(H,12,13). The zero-order chi connectivity index (χ0) is 11.3. The Bertz CT molecular complexity index is 242. The molecule has 1 rings (SSSR count). The maximum absolute atomic E-state index is 11.7. The molecule has 0 unspecified atom stereocenters. The zero-order valence-electron chi connectivity index (χ0n) is 9.47. The summed E-state index contributed by atoms with van der Waals surface area (Å²) in [6.45, 7) is 1.44. The summed E-state index contributed by atoms with van der Waals surface area (Å²) in [7, 11) is 1.37. The van der Waals surface area contributed by atoms with Crippen LogP contribution in [-0.2, 0) is 14.3 Å². The monoisotopic (exact) mass is 213 g/mol. The number of hydrogen-bond donors (Lipinski definition) is 1. The second-order valence-electron chi connectivity index (χ2n) is 4.17. The van der Waals surface area contributed by atoms with E-state index in [9.17, 15) is 9.59 Å². The summed E-state index contributed by atoms with van der Waals surface area (Å²) >= 11 is 0. The van der Waals surface area contributed by atoms with Crippen molar-refractivity contribution in [1.29, 1.82) is 0 Å². The predicted molar refractivity (Wildman–Crippen MR) is 56.3 cm³/mol. The second-order valence-corrected chi connectivity index (χ2v) is 4.17. The Labute approximate surface area is 90.4 Å². The van der Waals surface area contributed by atoms with Gasteiger partial charge in [-0.15, -0.1) is 0 Å². The van der Waals surface area contributed by atoms with Crippen LogP contribution in [0.4, 0.5) is 0 Å². The first-order valence-electron chi connectivity index (χ1n) is 5.48. The van der Waals surface area contributed by atoms with E-state index >= 15 is 0 Å². The Kier molecular flexibility index (Phi) is 4.12. The molecule has 1 aliphatic carbocycles. The summed E-state index contributed by atoms with van der Waals surface area (Å²) < 4.78 is 4.80. The number of hydrogen-bond acceptors (Lipinski definition) is 3. The minimum Gasteiger partial charge on any atom is -0.467 e. The van der Waals surface area contributed by atoms with Crippen LogP contribution < -0.4 is 5.32 Å². The lowest BCUT2D eigenvalue weighted by molar-refractivity contribution is -0.151. The average molecular weight is 213 g/mol. The number of rotatable bonds is 2. The summed E-state index contributed by atoms with van der Waals surface area (Å²) in [5.74, 6) is -0.470. The van der Waals surface area contributed by atoms with E-state index in [0.717, 1.165) is 25.7 Å². The molecule has 86 valence electrons. The molecule has 0 atom stereocenters. The number of amides is 1. The Morgan fingerprint density at radius 3 is 2.07 bits per heavy atom. The summed E-state index contributed by atoms with van der Waals surface area (Å²) in [5.41, 5.74) is -0.767. The summed E-state index contributed by atoms with van der Waals surface area (Å²) in [6.07, 6.45) is 5.57. The molecule has 1 aliphatic rings. The van der Waals surface area contributed by atoms with Crippen molar-refractivity contribution in [3.8, 4) is 0 Å². The molecule has 15 heavy (non-hydrogen) atoms. The van der Waals surface area contributed by atoms with Crippen molar-refractivity contribution < 1.29 is 14.3 Å². The summed E-state index contributed by atoms with van der Waals surface area (Å²) in [5, 5.41) is 2.77. The highest BCUT2D eigenvalue weighted by Crippen LogP contribution is 2.28. The highest BCUT2D eigenvalue weighted by atomic mass is 16.5. The van der Waals surface area contributed by atoms with Crippen molar-refractivity contribution in [1.82, 2.24) is 5.32 Å². The van der Waals surface area contributed by atoms with Crippen LogP contribution in [-0.4, -0.2) is 24.5 Å². The van der Waals surface area contributed by atoms with Crippen LogP contribution >= 0.6 is 0 Å². The first kappa shape index (κ1) is 12.0. The fourth-order valence-electron chi connectivity index (χ4n) is 2.24. The van der Waals surface area contributed by atoms with Gasteiger partial charge in [-0.1, -0.05) is 25.7 Å². The van der Waals surface area contributed by atoms with Gasteiger partial charge in [0.15, 0.2) is 0 Å². The number of ether oxygens (including phenoxy) is 1. The molecular formula is C11H19NO3. The molecular weight excluding hydrogens is 194 g/mol. The molecule has 0 aromatic heterocycles. The minimum absolute atomic E-state index is 0.165. The van der Waals surface area contributed by atoms with Gasteiger partial charge in [-0.3, -0.25) is 4.79 Å². The van der Waals surface area contributed by atoms with Crippen LogP contribution in [0.1, 0.15) is 45.4 Å². The lowest BCUT2D eigenvalue weighted by Crippen LogP contribution is -2.54. The molecule has 0 aromatic rings. The first-order chi connectivity index (χ1) is 7.10. The number of carbonyl (C=O) groups is 2. The van der Waals surface area contributed by atoms with Crippen molar-refractivity contribution in [3.63, 3.8) is 0 Å². The Morgan fingerprint density at radius 2 is 1.67 bits per heavy atom. The molecule has 0 radical (unpaired) electrons. The highest BCUT2D eigenvalue weighted by molar-refractivity contribution is 5.87. The van der Waals surface area contributed by atoms with Crippen LogP contribution in [0.25, 0.3) is 0 Å². The molecule has 0 aliphatic heterocycles. The highest BCUT2D eigenvalue weighted by Gasteiger charge is 2.40. The molecule has 1 N–H and O–H groups in total. The molecule has 1 amide bonds. The topological polar surface area (TPSA) is 55.4 Å². The van der Waals surface area contributed by atoms with E-state index in [4.69, 9.17) is 4.74 Å². The number of esters is 1. The fraction of sp³-hybridized carbons (Fsp3) is 0.818. The van der Waals surface area contributed by atoms with Crippen LogP contribution in [0.3, 0.4) is 0 Å². The molecule has 4 nitrogen and oxygen atoms in total.